The van der Waals surface area contributed by atoms with E-state index in [0.29, 0.717) is 5.82 Å². The molecule has 1 N–H and O–H groups in total. The lowest BCUT2D eigenvalue weighted by molar-refractivity contribution is -0.383. The van der Waals surface area contributed by atoms with Crippen molar-refractivity contribution in [1.29, 1.82) is 0 Å². The van der Waals surface area contributed by atoms with Crippen LogP contribution in [0.4, 0.5) is 17.3 Å². The summed E-state index contributed by atoms with van der Waals surface area (Å²) in [5, 5.41) is 14.5. The summed E-state index contributed by atoms with van der Waals surface area (Å²) in [5.74, 6) is 0.701. The molecule has 21 heavy (non-hydrogen) atoms. The molecule has 0 amide bonds. The Morgan fingerprint density at radius 3 is 2.52 bits per heavy atom. The van der Waals surface area contributed by atoms with Crippen LogP contribution in [0.25, 0.3) is 0 Å². The predicted octanol–water partition coefficient (Wildman–Crippen LogP) is 1.35. The lowest BCUT2D eigenvalue weighted by atomic mass is 10.3. The molecule has 0 saturated carbocycles. The average Bonchev–Trinajstić information content (AvgIpc) is 2.46. The van der Waals surface area contributed by atoms with E-state index in [9.17, 15) is 10.1 Å². The van der Waals surface area contributed by atoms with E-state index in [0.717, 1.165) is 32.7 Å². The van der Waals surface area contributed by atoms with Crippen molar-refractivity contribution < 1.29 is 4.92 Å². The number of rotatable bonds is 5. The number of hydrogen-bond donors (Lipinski definition) is 1. The molecule has 0 aliphatic carbocycles. The summed E-state index contributed by atoms with van der Waals surface area (Å²) in [5.41, 5.74) is -0.0313. The Bertz CT molecular complexity index is 499. The largest absolute Gasteiger partial charge is 0.362 e. The highest BCUT2D eigenvalue weighted by atomic mass is 16.6. The molecule has 1 aromatic heterocycles. The first-order chi connectivity index (χ1) is 10.0. The molecular weight excluding hydrogens is 272 g/mol. The molecule has 1 aromatic rings. The van der Waals surface area contributed by atoms with Crippen molar-refractivity contribution in [2.24, 2.45) is 0 Å². The molecule has 1 aliphatic heterocycles. The van der Waals surface area contributed by atoms with E-state index in [1.54, 1.807) is 0 Å². The summed E-state index contributed by atoms with van der Waals surface area (Å²) < 4.78 is 0. The summed E-state index contributed by atoms with van der Waals surface area (Å²) >= 11 is 0. The maximum atomic E-state index is 11.4. The van der Waals surface area contributed by atoms with Crippen molar-refractivity contribution in [2.75, 3.05) is 42.9 Å². The predicted molar refractivity (Wildman–Crippen MR) is 81.8 cm³/mol. The number of hydrogen-bond acceptors (Lipinski definition) is 7. The van der Waals surface area contributed by atoms with Crippen molar-refractivity contribution in [3.63, 3.8) is 0 Å². The number of nitrogens with one attached hydrogen (secondary N) is 1. The van der Waals surface area contributed by atoms with Gasteiger partial charge in [0.15, 0.2) is 0 Å². The minimum atomic E-state index is -0.397. The van der Waals surface area contributed by atoms with Gasteiger partial charge in [0, 0.05) is 32.2 Å². The summed E-state index contributed by atoms with van der Waals surface area (Å²) in [6.45, 7) is 10.2. The van der Waals surface area contributed by atoms with E-state index in [1.165, 1.54) is 6.33 Å². The van der Waals surface area contributed by atoms with Crippen molar-refractivity contribution in [1.82, 2.24) is 14.9 Å². The fourth-order valence-corrected chi connectivity index (χ4v) is 2.42. The van der Waals surface area contributed by atoms with Crippen molar-refractivity contribution >= 4 is 17.3 Å². The molecule has 0 atom stereocenters. The Kier molecular flexibility index (Phi) is 4.89. The molecule has 116 valence electrons. The van der Waals surface area contributed by atoms with E-state index >= 15 is 0 Å². The summed E-state index contributed by atoms with van der Waals surface area (Å²) in [4.78, 5) is 23.5. The van der Waals surface area contributed by atoms with Crippen LogP contribution in [0.5, 0.6) is 0 Å². The molecule has 0 radical (unpaired) electrons. The summed E-state index contributed by atoms with van der Waals surface area (Å²) in [6.07, 6.45) is 1.39. The van der Waals surface area contributed by atoms with Gasteiger partial charge < -0.3 is 15.1 Å². The molecule has 8 heteroatoms. The SMILES string of the molecule is CCN1CCN(c2ncnc(NC(C)C)c2[N+](=O)[O-])CC1. The first kappa shape index (κ1) is 15.4. The minimum Gasteiger partial charge on any atom is -0.362 e. The summed E-state index contributed by atoms with van der Waals surface area (Å²) in [6, 6.07) is 0.0726. The van der Waals surface area contributed by atoms with Crippen LogP contribution in [0, 0.1) is 10.1 Å². The molecule has 0 spiro atoms. The topological polar surface area (TPSA) is 87.4 Å². The smallest absolute Gasteiger partial charge is 0.353 e. The third-order valence-electron chi connectivity index (χ3n) is 3.53. The standard InChI is InChI=1S/C13H22N6O2/c1-4-17-5-7-18(8-6-17)13-11(19(20)21)12(14-9-15-13)16-10(2)3/h9-10H,4-8H2,1-3H3,(H,14,15,16). The molecule has 2 rings (SSSR count). The zero-order chi connectivity index (χ0) is 15.4. The van der Waals surface area contributed by atoms with Crippen LogP contribution in [-0.4, -0.2) is 58.6 Å². The second-order valence-corrected chi connectivity index (χ2v) is 5.37. The molecule has 1 fully saturated rings. The van der Waals surface area contributed by atoms with Crippen LogP contribution in [0.15, 0.2) is 6.33 Å². The zero-order valence-electron chi connectivity index (χ0n) is 12.7. The maximum Gasteiger partial charge on any atom is 0.353 e. The third-order valence-corrected chi connectivity index (χ3v) is 3.53. The first-order valence-corrected chi connectivity index (χ1v) is 7.26. The lowest BCUT2D eigenvalue weighted by Crippen LogP contribution is -2.46. The quantitative estimate of drug-likeness (QED) is 0.647. The Morgan fingerprint density at radius 1 is 1.33 bits per heavy atom. The van der Waals surface area contributed by atoms with Gasteiger partial charge in [0.1, 0.15) is 6.33 Å². The Hall–Kier alpha value is -1.96. The molecule has 8 nitrogen and oxygen atoms in total. The summed E-state index contributed by atoms with van der Waals surface area (Å²) in [7, 11) is 0. The van der Waals surface area contributed by atoms with Gasteiger partial charge in [-0.2, -0.15) is 0 Å². The average molecular weight is 294 g/mol. The van der Waals surface area contributed by atoms with E-state index in [-0.39, 0.29) is 17.5 Å². The van der Waals surface area contributed by atoms with Gasteiger partial charge in [0.2, 0.25) is 11.6 Å². The van der Waals surface area contributed by atoms with Gasteiger partial charge in [-0.05, 0) is 20.4 Å². The fourth-order valence-electron chi connectivity index (χ4n) is 2.42. The zero-order valence-corrected chi connectivity index (χ0v) is 12.7. The van der Waals surface area contributed by atoms with E-state index in [2.05, 4.69) is 27.1 Å². The van der Waals surface area contributed by atoms with Gasteiger partial charge in [0.25, 0.3) is 0 Å². The van der Waals surface area contributed by atoms with Crippen LogP contribution in [0.3, 0.4) is 0 Å². The van der Waals surface area contributed by atoms with Crippen LogP contribution in [0.1, 0.15) is 20.8 Å². The number of piperazine rings is 1. The molecular formula is C13H22N6O2. The van der Waals surface area contributed by atoms with Gasteiger partial charge >= 0.3 is 5.69 Å². The Labute approximate surface area is 124 Å². The second-order valence-electron chi connectivity index (χ2n) is 5.37. The van der Waals surface area contributed by atoms with Gasteiger partial charge in [-0.3, -0.25) is 10.1 Å². The molecule has 1 saturated heterocycles. The van der Waals surface area contributed by atoms with Crippen LogP contribution < -0.4 is 10.2 Å². The van der Waals surface area contributed by atoms with E-state index < -0.39 is 4.92 Å². The molecule has 1 aliphatic rings. The first-order valence-electron chi connectivity index (χ1n) is 7.26. The monoisotopic (exact) mass is 294 g/mol. The van der Waals surface area contributed by atoms with Gasteiger partial charge in [0.05, 0.1) is 4.92 Å². The maximum absolute atomic E-state index is 11.4. The number of aromatic nitrogens is 2. The van der Waals surface area contributed by atoms with Crippen LogP contribution in [-0.2, 0) is 0 Å². The number of likely N-dealkylation sites (N-methyl/N-ethyl adjacent to an activating group) is 1. The second kappa shape index (κ2) is 6.66. The fraction of sp³-hybridized carbons (Fsp3) is 0.692. The van der Waals surface area contributed by atoms with E-state index in [4.69, 9.17) is 0 Å². The number of anilines is 2. The highest BCUT2D eigenvalue weighted by Gasteiger charge is 2.29. The van der Waals surface area contributed by atoms with E-state index in [1.807, 2.05) is 18.7 Å². The Morgan fingerprint density at radius 2 is 2.00 bits per heavy atom. The molecule has 2 heterocycles. The minimum absolute atomic E-state index is 0.0313. The van der Waals surface area contributed by atoms with Gasteiger partial charge in [-0.25, -0.2) is 9.97 Å². The molecule has 0 unspecified atom stereocenters. The highest BCUT2D eigenvalue weighted by Crippen LogP contribution is 2.32. The third kappa shape index (κ3) is 3.57. The lowest BCUT2D eigenvalue weighted by Gasteiger charge is -2.34. The van der Waals surface area contributed by atoms with Crippen LogP contribution >= 0.6 is 0 Å². The molecule has 0 bridgehead atoms. The normalized spacial score (nSPS) is 16.3. The number of nitrogens with zero attached hydrogens (tertiary/aromatic N) is 5. The van der Waals surface area contributed by atoms with Crippen molar-refractivity contribution in [2.45, 2.75) is 26.8 Å². The highest BCUT2D eigenvalue weighted by molar-refractivity contribution is 5.70. The Balaban J connectivity index is 2.28. The van der Waals surface area contributed by atoms with Crippen LogP contribution in [0.2, 0.25) is 0 Å². The van der Waals surface area contributed by atoms with Crippen molar-refractivity contribution in [3.8, 4) is 0 Å². The van der Waals surface area contributed by atoms with Gasteiger partial charge in [-0.15, -0.1) is 0 Å². The number of nitro groups is 1. The molecule has 0 aromatic carbocycles. The van der Waals surface area contributed by atoms with Gasteiger partial charge in [-0.1, -0.05) is 6.92 Å². The van der Waals surface area contributed by atoms with Crippen molar-refractivity contribution in [3.05, 3.63) is 16.4 Å².